The Balaban J connectivity index is 4.66. The first-order valence-electron chi connectivity index (χ1n) is 11.0. The third-order valence-electron chi connectivity index (χ3n) is 3.40. The van der Waals surface area contributed by atoms with Gasteiger partial charge in [0.05, 0.1) is 0 Å². The highest BCUT2D eigenvalue weighted by molar-refractivity contribution is 6.87. The summed E-state index contributed by atoms with van der Waals surface area (Å²) in [6.45, 7) is 24.2. The highest BCUT2D eigenvalue weighted by Gasteiger charge is 2.53. The molecule has 0 rings (SSSR count). The third-order valence-corrected chi connectivity index (χ3v) is 14.3. The second kappa shape index (κ2) is 13.2. The fourth-order valence-electron chi connectivity index (χ4n) is 2.48. The van der Waals surface area contributed by atoms with Gasteiger partial charge in [-0.25, -0.2) is 0 Å². The molecular weight excluding hydrogens is 421 g/mol. The summed E-state index contributed by atoms with van der Waals surface area (Å²) >= 11 is 0. The zero-order chi connectivity index (χ0) is 21.9. The first-order chi connectivity index (χ1) is 12.7. The van der Waals surface area contributed by atoms with Gasteiger partial charge in [0, 0.05) is 19.8 Å². The van der Waals surface area contributed by atoms with Crippen LogP contribution in [0, 0.1) is 0 Å². The molecule has 0 atom stereocenters. The normalized spacial score (nSPS) is 13.9. The summed E-state index contributed by atoms with van der Waals surface area (Å²) in [5.74, 6) is 0. The first-order valence-corrected chi connectivity index (χ1v) is 22.9. The minimum Gasteiger partial charge on any atom is -0.395 e. The SMILES string of the molecule is CCCCOCCCCCCO[Si](O[Si](C)(C)C)(O[Si](C)(C)C)O[Si](C)(C)C. The van der Waals surface area contributed by atoms with Crippen LogP contribution in [0.15, 0.2) is 0 Å². The van der Waals surface area contributed by atoms with Crippen LogP contribution in [0.4, 0.5) is 0 Å². The summed E-state index contributed by atoms with van der Waals surface area (Å²) in [4.78, 5) is 0. The second-order valence-electron chi connectivity index (χ2n) is 10.4. The van der Waals surface area contributed by atoms with Crippen LogP contribution in [-0.4, -0.2) is 53.8 Å². The second-order valence-corrected chi connectivity index (χ2v) is 26.8. The lowest BCUT2D eigenvalue weighted by atomic mass is 10.2. The summed E-state index contributed by atoms with van der Waals surface area (Å²) in [6, 6.07) is 0. The minimum atomic E-state index is -3.13. The van der Waals surface area contributed by atoms with Gasteiger partial charge in [-0.15, -0.1) is 0 Å². The molecule has 0 aliphatic carbocycles. The van der Waals surface area contributed by atoms with E-state index in [2.05, 4.69) is 65.8 Å². The van der Waals surface area contributed by atoms with Gasteiger partial charge >= 0.3 is 9.05 Å². The monoisotopic (exact) mass is 468 g/mol. The summed E-state index contributed by atoms with van der Waals surface area (Å²) in [6.07, 6.45) is 6.78. The Kier molecular flexibility index (Phi) is 13.5. The molecule has 0 aromatic heterocycles. The van der Waals surface area contributed by atoms with Crippen molar-refractivity contribution < 1.29 is 21.5 Å². The zero-order valence-corrected chi connectivity index (χ0v) is 24.4. The van der Waals surface area contributed by atoms with Gasteiger partial charge in [-0.2, -0.15) is 0 Å². The Morgan fingerprint density at radius 1 is 0.500 bits per heavy atom. The largest absolute Gasteiger partial charge is 0.647 e. The van der Waals surface area contributed by atoms with Crippen molar-refractivity contribution >= 4 is 34.0 Å². The van der Waals surface area contributed by atoms with E-state index in [1.54, 1.807) is 0 Å². The van der Waals surface area contributed by atoms with Crippen LogP contribution in [0.25, 0.3) is 0 Å². The predicted octanol–water partition coefficient (Wildman–Crippen LogP) is 6.37. The maximum absolute atomic E-state index is 6.52. The van der Waals surface area contributed by atoms with Crippen LogP contribution < -0.4 is 0 Å². The molecule has 0 spiro atoms. The van der Waals surface area contributed by atoms with E-state index in [1.807, 2.05) is 0 Å². The summed E-state index contributed by atoms with van der Waals surface area (Å²) in [5, 5.41) is 0. The van der Waals surface area contributed by atoms with Crippen LogP contribution in [-0.2, 0) is 21.5 Å². The molecule has 28 heavy (non-hydrogen) atoms. The van der Waals surface area contributed by atoms with Crippen molar-refractivity contribution in [1.82, 2.24) is 0 Å². The molecule has 0 aromatic carbocycles. The van der Waals surface area contributed by atoms with Gasteiger partial charge in [0.1, 0.15) is 0 Å². The Labute approximate surface area is 179 Å². The Hall–Kier alpha value is 0.668. The lowest BCUT2D eigenvalue weighted by molar-refractivity contribution is 0.0810. The van der Waals surface area contributed by atoms with Crippen molar-refractivity contribution in [1.29, 1.82) is 0 Å². The summed E-state index contributed by atoms with van der Waals surface area (Å²) in [7, 11) is -8.76. The average molecular weight is 469 g/mol. The quantitative estimate of drug-likeness (QED) is 0.183. The molecule has 0 fully saturated rings. The number of hydrogen-bond donors (Lipinski definition) is 0. The summed E-state index contributed by atoms with van der Waals surface area (Å²) in [5.41, 5.74) is 0. The van der Waals surface area contributed by atoms with E-state index in [0.29, 0.717) is 6.61 Å². The molecule has 0 saturated carbocycles. The fourth-order valence-corrected chi connectivity index (χ4v) is 14.2. The van der Waals surface area contributed by atoms with E-state index < -0.39 is 34.0 Å². The molecule has 0 aliphatic rings. The number of rotatable bonds is 17. The van der Waals surface area contributed by atoms with Gasteiger partial charge in [-0.3, -0.25) is 0 Å². The molecule has 0 N–H and O–H groups in total. The molecule has 0 heterocycles. The van der Waals surface area contributed by atoms with Crippen molar-refractivity contribution in [3.63, 3.8) is 0 Å². The molecule has 0 bridgehead atoms. The van der Waals surface area contributed by atoms with Crippen molar-refractivity contribution in [3.8, 4) is 0 Å². The third kappa shape index (κ3) is 17.5. The molecule has 0 unspecified atom stereocenters. The Morgan fingerprint density at radius 3 is 1.29 bits per heavy atom. The van der Waals surface area contributed by atoms with Crippen molar-refractivity contribution in [2.24, 2.45) is 0 Å². The molecule has 9 heteroatoms. The maximum atomic E-state index is 6.52. The van der Waals surface area contributed by atoms with Crippen molar-refractivity contribution in [2.75, 3.05) is 19.8 Å². The van der Waals surface area contributed by atoms with E-state index in [4.69, 9.17) is 21.5 Å². The number of ether oxygens (including phenoxy) is 1. The van der Waals surface area contributed by atoms with Gasteiger partial charge in [0.2, 0.25) is 0 Å². The van der Waals surface area contributed by atoms with Crippen LogP contribution in [0.1, 0.15) is 45.4 Å². The smallest absolute Gasteiger partial charge is 0.395 e. The highest BCUT2D eigenvalue weighted by Crippen LogP contribution is 2.27. The van der Waals surface area contributed by atoms with Gasteiger partial charge in [-0.05, 0) is 78.2 Å². The van der Waals surface area contributed by atoms with Crippen LogP contribution >= 0.6 is 0 Å². The zero-order valence-electron chi connectivity index (χ0n) is 20.4. The Bertz CT molecular complexity index is 362. The highest BCUT2D eigenvalue weighted by atomic mass is 28.5. The number of hydrogen-bond acceptors (Lipinski definition) is 5. The van der Waals surface area contributed by atoms with Crippen LogP contribution in [0.5, 0.6) is 0 Å². The van der Waals surface area contributed by atoms with Gasteiger partial charge < -0.3 is 21.5 Å². The number of unbranched alkanes of at least 4 members (excludes halogenated alkanes) is 4. The van der Waals surface area contributed by atoms with Crippen molar-refractivity contribution in [3.05, 3.63) is 0 Å². The molecule has 0 saturated heterocycles. The molecule has 0 aliphatic heterocycles. The fraction of sp³-hybridized carbons (Fsp3) is 1.00. The van der Waals surface area contributed by atoms with Crippen LogP contribution in [0.2, 0.25) is 58.9 Å². The molecule has 0 aromatic rings. The maximum Gasteiger partial charge on any atom is 0.647 e. The van der Waals surface area contributed by atoms with E-state index in [1.165, 1.54) is 12.8 Å². The average Bonchev–Trinajstić information content (AvgIpc) is 2.43. The molecule has 5 nitrogen and oxygen atoms in total. The lowest BCUT2D eigenvalue weighted by Gasteiger charge is -2.40. The summed E-state index contributed by atoms with van der Waals surface area (Å²) < 4.78 is 31.6. The standard InChI is InChI=1S/C19H48O5Si4/c1-11-12-17-20-18-15-13-14-16-19-21-28(22-25(2,3)4,23-26(5,6)7)24-27(8,9)10/h11-19H2,1-10H3. The molecule has 170 valence electrons. The Morgan fingerprint density at radius 2 is 0.893 bits per heavy atom. The molecule has 0 amide bonds. The molecular formula is C19H48O5Si4. The van der Waals surface area contributed by atoms with Gasteiger partial charge in [0.15, 0.2) is 25.0 Å². The first kappa shape index (κ1) is 28.7. The topological polar surface area (TPSA) is 46.2 Å². The van der Waals surface area contributed by atoms with Gasteiger partial charge in [0.25, 0.3) is 0 Å². The van der Waals surface area contributed by atoms with Crippen LogP contribution in [0.3, 0.4) is 0 Å². The van der Waals surface area contributed by atoms with E-state index in [-0.39, 0.29) is 0 Å². The molecule has 0 radical (unpaired) electrons. The predicted molar refractivity (Wildman–Crippen MR) is 129 cm³/mol. The van der Waals surface area contributed by atoms with Crippen molar-refractivity contribution in [2.45, 2.75) is 104 Å². The minimum absolute atomic E-state index is 0.641. The van der Waals surface area contributed by atoms with E-state index in [0.717, 1.165) is 38.9 Å². The lowest BCUT2D eigenvalue weighted by Crippen LogP contribution is -2.62. The van der Waals surface area contributed by atoms with Gasteiger partial charge in [-0.1, -0.05) is 26.2 Å². The van der Waals surface area contributed by atoms with E-state index >= 15 is 0 Å². The van der Waals surface area contributed by atoms with E-state index in [9.17, 15) is 0 Å².